The van der Waals surface area contributed by atoms with Gasteiger partial charge < -0.3 is 0 Å². The zero-order chi connectivity index (χ0) is 23.5. The molecule has 1 amide bonds. The zero-order valence-corrected chi connectivity index (χ0v) is 21.8. The molecule has 1 fully saturated rings. The average molecular weight is 536 g/mol. The van der Waals surface area contributed by atoms with Gasteiger partial charge in [0, 0.05) is 12.4 Å². The van der Waals surface area contributed by atoms with Crippen molar-refractivity contribution in [3.63, 3.8) is 0 Å². The number of hydrogen-bond donors (Lipinski definition) is 2. The van der Waals surface area contributed by atoms with E-state index in [1.54, 1.807) is 24.0 Å². The standard InChI is InChI=1S/C24H26AsN7OS/c25-18-3-4-22(31-9-1-2-19(26)14-31)20(10-18)29-23(33)21-15-34-24(30-21)17-11-28-32(13-17)12-16-5-7-27-8-6-16/h3-8,10-11,13,15,19H,1-2,9,12,14,25-26H2,(H,29,33)/t19-/m1/s1. The summed E-state index contributed by atoms with van der Waals surface area (Å²) in [6.45, 7) is 2.38. The van der Waals surface area contributed by atoms with Crippen molar-refractivity contribution in [2.45, 2.75) is 25.4 Å². The summed E-state index contributed by atoms with van der Waals surface area (Å²) in [5, 5.41) is 10.1. The van der Waals surface area contributed by atoms with Gasteiger partial charge in [0.05, 0.1) is 0 Å². The second-order valence-electron chi connectivity index (χ2n) is 8.40. The third-order valence-electron chi connectivity index (χ3n) is 5.78. The number of rotatable bonds is 6. The number of pyridine rings is 1. The minimum absolute atomic E-state index is 0.156. The number of benzene rings is 1. The molecular formula is C24H26AsN7OS. The quantitative estimate of drug-likeness (QED) is 0.366. The Morgan fingerprint density at radius 2 is 2.12 bits per heavy atom. The average Bonchev–Trinajstić information content (AvgIpc) is 3.50. The number of anilines is 2. The van der Waals surface area contributed by atoms with E-state index in [1.165, 1.54) is 28.2 Å². The van der Waals surface area contributed by atoms with Crippen molar-refractivity contribution < 1.29 is 4.79 Å². The van der Waals surface area contributed by atoms with E-state index in [0.717, 1.165) is 57.8 Å². The first-order valence-electron chi connectivity index (χ1n) is 11.1. The van der Waals surface area contributed by atoms with Crippen LogP contribution in [0, 0.1) is 0 Å². The molecule has 0 aliphatic carbocycles. The summed E-state index contributed by atoms with van der Waals surface area (Å²) in [5.74, 6) is -0.215. The van der Waals surface area contributed by atoms with Crippen LogP contribution in [0.4, 0.5) is 11.4 Å². The molecule has 2 atom stereocenters. The van der Waals surface area contributed by atoms with E-state index in [9.17, 15) is 4.79 Å². The van der Waals surface area contributed by atoms with Gasteiger partial charge in [-0.25, -0.2) is 0 Å². The van der Waals surface area contributed by atoms with Crippen LogP contribution in [0.25, 0.3) is 10.6 Å². The van der Waals surface area contributed by atoms with Gasteiger partial charge in [0.1, 0.15) is 0 Å². The summed E-state index contributed by atoms with van der Waals surface area (Å²) in [6.07, 6.45) is 9.35. The molecule has 0 saturated carbocycles. The molecule has 4 heterocycles. The van der Waals surface area contributed by atoms with Crippen molar-refractivity contribution >= 4 is 49.8 Å². The summed E-state index contributed by atoms with van der Waals surface area (Å²) in [4.78, 5) is 24.0. The Bertz CT molecular complexity index is 1290. The summed E-state index contributed by atoms with van der Waals surface area (Å²) >= 11 is 2.96. The van der Waals surface area contributed by atoms with Crippen molar-refractivity contribution in [1.29, 1.82) is 0 Å². The Hall–Kier alpha value is -3.00. The summed E-state index contributed by atoms with van der Waals surface area (Å²) in [7, 11) is 0. The molecule has 10 heteroatoms. The van der Waals surface area contributed by atoms with Crippen LogP contribution in [0.2, 0.25) is 0 Å². The van der Waals surface area contributed by atoms with Gasteiger partial charge in [-0.15, -0.1) is 0 Å². The van der Waals surface area contributed by atoms with Crippen molar-refractivity contribution in [3.05, 3.63) is 71.8 Å². The van der Waals surface area contributed by atoms with Gasteiger partial charge in [-0.3, -0.25) is 4.98 Å². The second kappa shape index (κ2) is 10.1. The molecule has 1 aromatic carbocycles. The van der Waals surface area contributed by atoms with E-state index < -0.39 is 0 Å². The number of thiazole rings is 1. The molecule has 5 rings (SSSR count). The van der Waals surface area contributed by atoms with E-state index in [-0.39, 0.29) is 11.9 Å². The third kappa shape index (κ3) is 5.22. The summed E-state index contributed by atoms with van der Waals surface area (Å²) < 4.78 is 3.00. The van der Waals surface area contributed by atoms with Crippen LogP contribution in [0.3, 0.4) is 0 Å². The van der Waals surface area contributed by atoms with Gasteiger partial charge in [-0.2, -0.15) is 0 Å². The molecule has 0 bridgehead atoms. The zero-order valence-electron chi connectivity index (χ0n) is 18.6. The third-order valence-corrected chi connectivity index (χ3v) is 7.42. The molecule has 0 spiro atoms. The number of nitrogens with zero attached hydrogens (tertiary/aromatic N) is 5. The maximum atomic E-state index is 13.1. The van der Waals surface area contributed by atoms with Crippen LogP contribution in [0.5, 0.6) is 0 Å². The minimum atomic E-state index is -0.215. The molecule has 0 radical (unpaired) electrons. The van der Waals surface area contributed by atoms with Crippen LogP contribution in [0.1, 0.15) is 28.9 Å². The van der Waals surface area contributed by atoms with Crippen LogP contribution in [-0.4, -0.2) is 61.6 Å². The van der Waals surface area contributed by atoms with Gasteiger partial charge in [0.15, 0.2) is 0 Å². The Kier molecular flexibility index (Phi) is 6.76. The number of carbonyl (C=O) groups excluding carboxylic acids is 1. The number of nitrogens with two attached hydrogens (primary N) is 1. The van der Waals surface area contributed by atoms with Gasteiger partial charge in [0.25, 0.3) is 0 Å². The van der Waals surface area contributed by atoms with Gasteiger partial charge in [-0.1, -0.05) is 0 Å². The molecule has 1 unspecified atom stereocenters. The molecule has 1 aliphatic heterocycles. The first-order chi connectivity index (χ1) is 16.5. The van der Waals surface area contributed by atoms with Crippen molar-refractivity contribution in [1.82, 2.24) is 19.7 Å². The fourth-order valence-corrected chi connectivity index (χ4v) is 5.42. The van der Waals surface area contributed by atoms with Crippen LogP contribution >= 0.6 is 11.3 Å². The molecular weight excluding hydrogens is 509 g/mol. The van der Waals surface area contributed by atoms with Gasteiger partial charge >= 0.3 is 176 Å². The Morgan fingerprint density at radius 3 is 2.94 bits per heavy atom. The molecule has 4 aromatic rings. The Labute approximate surface area is 210 Å². The van der Waals surface area contributed by atoms with Crippen molar-refractivity contribution in [3.8, 4) is 10.6 Å². The Morgan fingerprint density at radius 1 is 1.26 bits per heavy atom. The predicted octanol–water partition coefficient (Wildman–Crippen LogP) is 1.89. The van der Waals surface area contributed by atoms with E-state index >= 15 is 0 Å². The van der Waals surface area contributed by atoms with Crippen molar-refractivity contribution in [2.24, 2.45) is 5.73 Å². The van der Waals surface area contributed by atoms with E-state index in [0.29, 0.717) is 12.2 Å². The summed E-state index contributed by atoms with van der Waals surface area (Å²) in [5.41, 5.74) is 10.4. The molecule has 34 heavy (non-hydrogen) atoms. The van der Waals surface area contributed by atoms with Crippen molar-refractivity contribution in [2.75, 3.05) is 23.3 Å². The topological polar surface area (TPSA) is 102 Å². The van der Waals surface area contributed by atoms with Crippen LogP contribution in [-0.2, 0) is 6.54 Å². The molecule has 1 saturated heterocycles. The van der Waals surface area contributed by atoms with Gasteiger partial charge in [-0.05, 0) is 17.7 Å². The van der Waals surface area contributed by atoms with Crippen LogP contribution < -0.4 is 20.3 Å². The molecule has 3 N–H and O–H groups in total. The monoisotopic (exact) mass is 535 g/mol. The van der Waals surface area contributed by atoms with Crippen LogP contribution in [0.15, 0.2) is 60.5 Å². The summed E-state index contributed by atoms with van der Waals surface area (Å²) in [6, 6.07) is 10.3. The fourth-order valence-electron chi connectivity index (χ4n) is 4.09. The number of hydrogen-bond acceptors (Lipinski definition) is 7. The first-order valence-corrected chi connectivity index (χ1v) is 13.2. The Balaban J connectivity index is 1.31. The normalized spacial score (nSPS) is 15.9. The molecule has 8 nitrogen and oxygen atoms in total. The second-order valence-corrected chi connectivity index (χ2v) is 10.7. The SMILES string of the molecule is N[C@@H]1CCCN(c2ccc([AsH2])cc2NC(=O)c2csc(-c3cnn(Cc4ccncc4)c3)n2)C1. The number of aromatic nitrogens is 4. The van der Waals surface area contributed by atoms with E-state index in [1.807, 2.05) is 29.1 Å². The van der Waals surface area contributed by atoms with Gasteiger partial charge in [0.2, 0.25) is 0 Å². The number of nitrogens with one attached hydrogen (secondary N) is 1. The van der Waals surface area contributed by atoms with E-state index in [4.69, 9.17) is 5.73 Å². The number of carbonyl (C=O) groups is 1. The molecule has 1 aliphatic rings. The first kappa shape index (κ1) is 22.8. The van der Waals surface area contributed by atoms with E-state index in [2.05, 4.69) is 37.4 Å². The fraction of sp³-hybridized carbons (Fsp3) is 0.250. The number of amides is 1. The maximum absolute atomic E-state index is 13.1. The molecule has 174 valence electrons. The predicted molar refractivity (Wildman–Crippen MR) is 139 cm³/mol. The molecule has 3 aromatic heterocycles. The number of piperidine rings is 1.